The topological polar surface area (TPSA) is 122 Å². The zero-order valence-electron chi connectivity index (χ0n) is 24.4. The van der Waals surface area contributed by atoms with E-state index in [0.717, 1.165) is 16.7 Å². The predicted molar refractivity (Wildman–Crippen MR) is 160 cm³/mol. The van der Waals surface area contributed by atoms with Gasteiger partial charge in [0.05, 0.1) is 59.5 Å². The fourth-order valence-electron chi connectivity index (χ4n) is 4.33. The number of carbonyl (C=O) groups excluding carboxylic acids is 1. The van der Waals surface area contributed by atoms with E-state index in [1.54, 1.807) is 0 Å². The predicted octanol–water partition coefficient (Wildman–Crippen LogP) is 3.28. The van der Waals surface area contributed by atoms with Gasteiger partial charge in [0, 0.05) is 6.54 Å². The average molecular weight is 596 g/mol. The van der Waals surface area contributed by atoms with Crippen molar-refractivity contribution in [1.29, 1.82) is 0 Å². The van der Waals surface area contributed by atoms with Crippen molar-refractivity contribution in [1.82, 2.24) is 5.32 Å². The third kappa shape index (κ3) is 12.2. The molecule has 0 radical (unpaired) electrons. The molecule has 0 aromatic heterocycles. The summed E-state index contributed by atoms with van der Waals surface area (Å²) in [5.41, 5.74) is 2.38. The van der Waals surface area contributed by atoms with Crippen LogP contribution in [0.15, 0.2) is 91.0 Å². The molecule has 10 heteroatoms. The molecule has 3 aromatic carbocycles. The smallest absolute Gasteiger partial charge is 0.329 e. The van der Waals surface area contributed by atoms with Crippen LogP contribution in [-0.2, 0) is 43.6 Å². The Morgan fingerprint density at radius 2 is 0.930 bits per heavy atom. The zero-order valence-corrected chi connectivity index (χ0v) is 24.4. The van der Waals surface area contributed by atoms with E-state index in [0.29, 0.717) is 66.0 Å². The van der Waals surface area contributed by atoms with Crippen molar-refractivity contribution in [2.75, 3.05) is 79.2 Å². The number of nitrogens with one attached hydrogen (secondary N) is 1. The zero-order chi connectivity index (χ0) is 30.4. The normalized spacial score (nSPS) is 11.3. The maximum atomic E-state index is 11.4. The van der Waals surface area contributed by atoms with E-state index >= 15 is 0 Å². The highest BCUT2D eigenvalue weighted by Gasteiger charge is 2.37. The van der Waals surface area contributed by atoms with Crippen molar-refractivity contribution in [3.8, 4) is 0 Å². The van der Waals surface area contributed by atoms with Gasteiger partial charge in [-0.05, 0) is 16.7 Å². The van der Waals surface area contributed by atoms with Crippen LogP contribution in [0.4, 0.5) is 0 Å². The largest absolute Gasteiger partial charge is 0.480 e. The number of hydrogen-bond donors (Lipinski definition) is 2. The Bertz CT molecular complexity index is 1070. The third-order valence-electron chi connectivity index (χ3n) is 6.23. The highest BCUT2D eigenvalue weighted by atomic mass is 16.6. The van der Waals surface area contributed by atoms with Crippen LogP contribution in [0.2, 0.25) is 0 Å². The minimum atomic E-state index is -1.12. The first-order chi connectivity index (χ1) is 21.1. The van der Waals surface area contributed by atoms with Crippen LogP contribution in [0.1, 0.15) is 16.7 Å². The van der Waals surface area contributed by atoms with E-state index in [-0.39, 0.29) is 6.61 Å². The molecule has 43 heavy (non-hydrogen) atoms. The summed E-state index contributed by atoms with van der Waals surface area (Å²) in [5.74, 6) is -1.51. The summed E-state index contributed by atoms with van der Waals surface area (Å²) in [7, 11) is 0. The molecule has 3 rings (SSSR count). The monoisotopic (exact) mass is 595 g/mol. The number of rotatable bonds is 23. The van der Waals surface area contributed by atoms with Gasteiger partial charge in [-0.3, -0.25) is 4.79 Å². The lowest BCUT2D eigenvalue weighted by atomic mass is 9.80. The molecule has 10 nitrogen and oxygen atoms in total. The number of benzene rings is 3. The molecule has 232 valence electrons. The average Bonchev–Trinajstić information content (AvgIpc) is 3.04. The van der Waals surface area contributed by atoms with Crippen LogP contribution < -0.4 is 5.32 Å². The minimum Gasteiger partial charge on any atom is -0.480 e. The Hall–Kier alpha value is -3.64. The minimum absolute atomic E-state index is 0.300. The van der Waals surface area contributed by atoms with E-state index in [2.05, 4.69) is 41.7 Å². The highest BCUT2D eigenvalue weighted by molar-refractivity contribution is 5.77. The third-order valence-corrected chi connectivity index (χ3v) is 6.23. The Balaban J connectivity index is 1.27. The van der Waals surface area contributed by atoms with Gasteiger partial charge in [-0.15, -0.1) is 0 Å². The van der Waals surface area contributed by atoms with Crippen molar-refractivity contribution >= 4 is 11.9 Å². The Kier molecular flexibility index (Phi) is 16.0. The summed E-state index contributed by atoms with van der Waals surface area (Å²) in [4.78, 5) is 21.7. The maximum Gasteiger partial charge on any atom is 0.329 e. The molecule has 0 spiro atoms. The van der Waals surface area contributed by atoms with Gasteiger partial charge in [-0.25, -0.2) is 4.79 Å². The van der Waals surface area contributed by atoms with Crippen molar-refractivity contribution in [3.05, 3.63) is 108 Å². The molecule has 0 aliphatic heterocycles. The van der Waals surface area contributed by atoms with Gasteiger partial charge in [-0.1, -0.05) is 91.0 Å². The second-order valence-electron chi connectivity index (χ2n) is 9.31. The molecule has 0 saturated carbocycles. The van der Waals surface area contributed by atoms with Crippen LogP contribution in [0.5, 0.6) is 0 Å². The van der Waals surface area contributed by atoms with E-state index in [1.807, 2.05) is 54.6 Å². The lowest BCUT2D eigenvalue weighted by Crippen LogP contribution is -2.34. The molecule has 0 bridgehead atoms. The fourth-order valence-corrected chi connectivity index (χ4v) is 4.33. The van der Waals surface area contributed by atoms with Crippen LogP contribution >= 0.6 is 0 Å². The molecule has 0 unspecified atom stereocenters. The number of hydrogen-bond acceptors (Lipinski definition) is 8. The van der Waals surface area contributed by atoms with Gasteiger partial charge < -0.3 is 38.8 Å². The van der Waals surface area contributed by atoms with Gasteiger partial charge >= 0.3 is 5.97 Å². The van der Waals surface area contributed by atoms with Crippen LogP contribution in [0.25, 0.3) is 0 Å². The van der Waals surface area contributed by atoms with Crippen molar-refractivity contribution in [2.45, 2.75) is 5.60 Å². The van der Waals surface area contributed by atoms with Gasteiger partial charge in [0.2, 0.25) is 5.91 Å². The Labute approximate surface area is 252 Å². The van der Waals surface area contributed by atoms with E-state index < -0.39 is 24.1 Å². The molecular weight excluding hydrogens is 554 g/mol. The summed E-state index contributed by atoms with van der Waals surface area (Å²) >= 11 is 0. The number of aliphatic carboxylic acids is 1. The number of carbonyl (C=O) groups is 2. The van der Waals surface area contributed by atoms with E-state index in [1.165, 1.54) is 0 Å². The number of amides is 1. The van der Waals surface area contributed by atoms with E-state index in [4.69, 9.17) is 33.5 Å². The quantitative estimate of drug-likeness (QED) is 0.126. The Morgan fingerprint density at radius 3 is 1.35 bits per heavy atom. The second kappa shape index (κ2) is 20.3. The van der Waals surface area contributed by atoms with Crippen LogP contribution in [-0.4, -0.2) is 96.2 Å². The molecule has 0 atom stereocenters. The molecular formula is C33H41NO9. The lowest BCUT2D eigenvalue weighted by molar-refractivity contribution is -0.143. The first-order valence-electron chi connectivity index (χ1n) is 14.3. The van der Waals surface area contributed by atoms with Crippen molar-refractivity contribution in [2.24, 2.45) is 0 Å². The second-order valence-corrected chi connectivity index (χ2v) is 9.31. The summed E-state index contributed by atoms with van der Waals surface area (Å²) < 4.78 is 33.6. The SMILES string of the molecule is O=C(O)COCC(=O)NCCOCCOCCOCCOCCOC(c1ccccc1)(c1ccccc1)c1ccccc1. The highest BCUT2D eigenvalue weighted by Crippen LogP contribution is 2.40. The molecule has 1 amide bonds. The lowest BCUT2D eigenvalue weighted by Gasteiger charge is -2.36. The molecule has 0 aliphatic rings. The fraction of sp³-hybridized carbons (Fsp3) is 0.394. The molecule has 2 N–H and O–H groups in total. The molecule has 0 fully saturated rings. The summed E-state index contributed by atoms with van der Waals surface area (Å²) in [6, 6.07) is 30.7. The van der Waals surface area contributed by atoms with Gasteiger partial charge in [0.15, 0.2) is 0 Å². The van der Waals surface area contributed by atoms with Gasteiger partial charge in [-0.2, -0.15) is 0 Å². The molecule has 3 aromatic rings. The maximum absolute atomic E-state index is 11.4. The number of carboxylic acid groups (broad SMARTS) is 1. The standard InChI is InChI=1S/C33H41NO9/c35-31(26-42-27-32(36)37)34-16-17-38-18-19-39-20-21-40-22-23-41-24-25-43-33(28-10-4-1-5-11-28,29-12-6-2-7-13-29)30-14-8-3-9-15-30/h1-15H,16-27H2,(H,34,35)(H,36,37). The summed E-state index contributed by atoms with van der Waals surface area (Å²) in [5, 5.41) is 11.0. The van der Waals surface area contributed by atoms with E-state index in [9.17, 15) is 9.59 Å². The van der Waals surface area contributed by atoms with Crippen molar-refractivity contribution in [3.63, 3.8) is 0 Å². The summed E-state index contributed by atoms with van der Waals surface area (Å²) in [6.07, 6.45) is 0. The van der Waals surface area contributed by atoms with Crippen LogP contribution in [0.3, 0.4) is 0 Å². The molecule has 0 heterocycles. The first-order valence-corrected chi connectivity index (χ1v) is 14.3. The Morgan fingerprint density at radius 1 is 0.535 bits per heavy atom. The molecule has 0 saturated heterocycles. The first kappa shape index (κ1) is 33.9. The molecule has 0 aliphatic carbocycles. The van der Waals surface area contributed by atoms with Gasteiger partial charge in [0.1, 0.15) is 18.8 Å². The van der Waals surface area contributed by atoms with Crippen molar-refractivity contribution < 1.29 is 43.1 Å². The number of carboxylic acids is 1. The summed E-state index contributed by atoms with van der Waals surface area (Å²) in [6.45, 7) is 3.15. The number of ether oxygens (including phenoxy) is 6. The van der Waals surface area contributed by atoms with Crippen LogP contribution in [0, 0.1) is 0 Å². The van der Waals surface area contributed by atoms with Gasteiger partial charge in [0.25, 0.3) is 0 Å².